The van der Waals surface area contributed by atoms with Gasteiger partial charge in [-0.25, -0.2) is 9.69 Å². The van der Waals surface area contributed by atoms with Gasteiger partial charge in [0.05, 0.1) is 12.7 Å². The number of hydrogen-bond acceptors (Lipinski definition) is 5. The molecule has 0 aromatic heterocycles. The molecule has 1 atom stereocenters. The lowest BCUT2D eigenvalue weighted by molar-refractivity contribution is -0.742. The summed E-state index contributed by atoms with van der Waals surface area (Å²) in [6.45, 7) is 0.558. The fourth-order valence-corrected chi connectivity index (χ4v) is 3.08. The van der Waals surface area contributed by atoms with Crippen LogP contribution in [0.25, 0.3) is 0 Å². The molecule has 1 amide bonds. The van der Waals surface area contributed by atoms with E-state index in [4.69, 9.17) is 4.74 Å². The van der Waals surface area contributed by atoms with Crippen molar-refractivity contribution in [3.63, 3.8) is 0 Å². The highest BCUT2D eigenvalue weighted by Crippen LogP contribution is 2.18. The van der Waals surface area contributed by atoms with E-state index in [-0.39, 0.29) is 11.9 Å². The Bertz CT molecular complexity index is 1010. The van der Waals surface area contributed by atoms with Gasteiger partial charge in [0.1, 0.15) is 6.20 Å². The third-order valence-electron chi connectivity index (χ3n) is 4.50. The number of nitrogens with zero attached hydrogens (tertiary/aromatic N) is 2. The molecule has 0 radical (unpaired) electrons. The molecule has 2 aromatic rings. The number of methoxy groups -OCH3 is 1. The third-order valence-corrected chi connectivity index (χ3v) is 4.50. The normalized spacial score (nSPS) is 17.5. The van der Waals surface area contributed by atoms with Gasteiger partial charge < -0.3 is 10.1 Å². The molecule has 2 aliphatic heterocycles. The van der Waals surface area contributed by atoms with Gasteiger partial charge in [0.25, 0.3) is 5.91 Å². The smallest absolute Gasteiger partial charge is 0.337 e. The van der Waals surface area contributed by atoms with E-state index in [1.54, 1.807) is 18.3 Å². The fraction of sp³-hybridized carbons (Fsp3) is 0.0952. The van der Waals surface area contributed by atoms with E-state index in [9.17, 15) is 9.59 Å². The quantitative estimate of drug-likeness (QED) is 0.795. The van der Waals surface area contributed by atoms with Crippen LogP contribution < -0.4 is 15.1 Å². The number of ether oxygens (including phenoxy) is 1. The number of quaternary nitrogens is 1. The molecule has 4 rings (SSSR count). The zero-order chi connectivity index (χ0) is 19.5. The Morgan fingerprint density at radius 3 is 2.75 bits per heavy atom. The number of aliphatic imine (C=N–C) groups is 1. The van der Waals surface area contributed by atoms with Gasteiger partial charge >= 0.3 is 5.97 Å². The van der Waals surface area contributed by atoms with Crippen molar-refractivity contribution in [3.8, 4) is 0 Å². The molecular formula is C21H19N4O3+. The van der Waals surface area contributed by atoms with Crippen LogP contribution >= 0.6 is 0 Å². The number of carbonyl (C=O) groups is 2. The van der Waals surface area contributed by atoms with E-state index in [1.807, 2.05) is 59.6 Å². The second-order valence-electron chi connectivity index (χ2n) is 6.36. The topological polar surface area (TPSA) is 75.4 Å². The highest BCUT2D eigenvalue weighted by molar-refractivity contribution is 6.06. The molecule has 1 unspecified atom stereocenters. The Morgan fingerprint density at radius 2 is 1.96 bits per heavy atom. The monoisotopic (exact) mass is 375 g/mol. The number of fused-ring (bicyclic) bond motifs is 1. The van der Waals surface area contributed by atoms with Crippen molar-refractivity contribution in [1.82, 2.24) is 0 Å². The molecule has 2 aromatic carbocycles. The van der Waals surface area contributed by atoms with Crippen molar-refractivity contribution in [2.24, 2.45) is 4.99 Å². The first kappa shape index (κ1) is 17.7. The van der Waals surface area contributed by atoms with Crippen molar-refractivity contribution in [3.05, 3.63) is 84.3 Å². The van der Waals surface area contributed by atoms with Crippen LogP contribution in [-0.2, 0) is 9.53 Å². The minimum atomic E-state index is -0.377. The number of benzene rings is 2. The van der Waals surface area contributed by atoms with Crippen LogP contribution in [0.3, 0.4) is 0 Å². The average molecular weight is 375 g/mol. The van der Waals surface area contributed by atoms with E-state index in [0.29, 0.717) is 17.9 Å². The third kappa shape index (κ3) is 3.56. The molecule has 0 saturated heterocycles. The summed E-state index contributed by atoms with van der Waals surface area (Å²) in [5, 5.41) is 2.85. The van der Waals surface area contributed by atoms with E-state index in [0.717, 1.165) is 22.1 Å². The molecule has 0 aliphatic carbocycles. The number of hydrogen-bond donors (Lipinski definition) is 2. The van der Waals surface area contributed by atoms with Gasteiger partial charge in [0.2, 0.25) is 5.84 Å². The van der Waals surface area contributed by atoms with Crippen LogP contribution in [0.15, 0.2) is 83.8 Å². The van der Waals surface area contributed by atoms with Crippen molar-refractivity contribution < 1.29 is 19.2 Å². The van der Waals surface area contributed by atoms with Gasteiger partial charge in [-0.05, 0) is 30.3 Å². The minimum absolute atomic E-state index is 0.242. The van der Waals surface area contributed by atoms with Crippen LogP contribution in [-0.4, -0.2) is 31.5 Å². The summed E-state index contributed by atoms with van der Waals surface area (Å²) >= 11 is 0. The Hall–Kier alpha value is -3.71. The van der Waals surface area contributed by atoms with Crippen molar-refractivity contribution in [1.29, 1.82) is 0 Å². The SMILES string of the molecule is COC(=O)c1cccc(N2C=CC3=NC(C(=O)Nc4ccccc4)=C[NH+]3C2)c1. The Morgan fingerprint density at radius 1 is 1.14 bits per heavy atom. The Kier molecular flexibility index (Phi) is 4.74. The Labute approximate surface area is 162 Å². The molecule has 7 heteroatoms. The van der Waals surface area contributed by atoms with Gasteiger partial charge in [-0.2, -0.15) is 4.99 Å². The molecule has 0 spiro atoms. The van der Waals surface area contributed by atoms with E-state index in [2.05, 4.69) is 10.3 Å². The first-order chi connectivity index (χ1) is 13.6. The number of carbonyl (C=O) groups excluding carboxylic acids is 2. The molecule has 0 saturated carbocycles. The van der Waals surface area contributed by atoms with E-state index >= 15 is 0 Å². The maximum Gasteiger partial charge on any atom is 0.337 e. The second kappa shape index (κ2) is 7.50. The summed E-state index contributed by atoms with van der Waals surface area (Å²) in [6.07, 6.45) is 5.56. The maximum atomic E-state index is 12.5. The number of amides is 1. The van der Waals surface area contributed by atoms with E-state index in [1.165, 1.54) is 7.11 Å². The predicted octanol–water partition coefficient (Wildman–Crippen LogP) is 1.54. The van der Waals surface area contributed by atoms with Crippen molar-refractivity contribution >= 4 is 29.1 Å². The van der Waals surface area contributed by atoms with Gasteiger partial charge in [0.15, 0.2) is 12.4 Å². The summed E-state index contributed by atoms with van der Waals surface area (Å²) in [5.74, 6) is 0.158. The molecule has 0 fully saturated rings. The average Bonchev–Trinajstić information content (AvgIpc) is 3.17. The molecule has 0 bridgehead atoms. The standard InChI is InChI=1S/C21H18N4O3/c1-28-21(27)15-6-5-9-17(12-15)24-11-10-19-23-18(13-25(19)14-24)20(26)22-16-7-3-2-4-8-16/h2-13H,14H2,1H3,(H,22,26)/p+1. The number of rotatable bonds is 4. The second-order valence-corrected chi connectivity index (χ2v) is 6.36. The summed E-state index contributed by atoms with van der Waals surface area (Å²) in [7, 11) is 1.36. The predicted molar refractivity (Wildman–Crippen MR) is 106 cm³/mol. The highest BCUT2D eigenvalue weighted by Gasteiger charge is 2.30. The Balaban J connectivity index is 1.49. The highest BCUT2D eigenvalue weighted by atomic mass is 16.5. The molecular weight excluding hydrogens is 356 g/mol. The molecule has 2 aliphatic rings. The van der Waals surface area contributed by atoms with E-state index < -0.39 is 0 Å². The first-order valence-electron chi connectivity index (χ1n) is 8.80. The lowest BCUT2D eigenvalue weighted by Crippen LogP contribution is -3.11. The van der Waals surface area contributed by atoms with Crippen LogP contribution in [0, 0.1) is 0 Å². The summed E-state index contributed by atoms with van der Waals surface area (Å²) in [4.78, 5) is 31.6. The molecule has 2 N–H and O–H groups in total. The minimum Gasteiger partial charge on any atom is -0.465 e. The van der Waals surface area contributed by atoms with Gasteiger partial charge in [0, 0.05) is 23.7 Å². The van der Waals surface area contributed by atoms with Gasteiger partial charge in [-0.15, -0.1) is 0 Å². The van der Waals surface area contributed by atoms with Crippen molar-refractivity contribution in [2.75, 3.05) is 24.0 Å². The zero-order valence-electron chi connectivity index (χ0n) is 15.3. The number of anilines is 2. The maximum absolute atomic E-state index is 12.5. The number of para-hydroxylation sites is 1. The van der Waals surface area contributed by atoms with Gasteiger partial charge in [-0.3, -0.25) is 9.69 Å². The first-order valence-corrected chi connectivity index (χ1v) is 8.80. The lowest BCUT2D eigenvalue weighted by Gasteiger charge is -2.26. The summed E-state index contributed by atoms with van der Waals surface area (Å²) in [6, 6.07) is 16.5. The number of nitrogens with one attached hydrogen (secondary N) is 2. The molecule has 140 valence electrons. The number of esters is 1. The molecule has 2 heterocycles. The van der Waals surface area contributed by atoms with Crippen LogP contribution in [0.5, 0.6) is 0 Å². The van der Waals surface area contributed by atoms with Crippen LogP contribution in [0.2, 0.25) is 0 Å². The molecule has 7 nitrogen and oxygen atoms in total. The molecule has 28 heavy (non-hydrogen) atoms. The fourth-order valence-electron chi connectivity index (χ4n) is 3.08. The summed E-state index contributed by atoms with van der Waals surface area (Å²) < 4.78 is 4.78. The van der Waals surface area contributed by atoms with Crippen LogP contribution in [0.1, 0.15) is 10.4 Å². The van der Waals surface area contributed by atoms with Crippen molar-refractivity contribution in [2.45, 2.75) is 0 Å². The van der Waals surface area contributed by atoms with Crippen LogP contribution in [0.4, 0.5) is 11.4 Å². The largest absolute Gasteiger partial charge is 0.465 e. The van der Waals surface area contributed by atoms with Gasteiger partial charge in [-0.1, -0.05) is 24.3 Å². The zero-order valence-corrected chi connectivity index (χ0v) is 15.3. The lowest BCUT2D eigenvalue weighted by atomic mass is 10.2. The summed E-state index contributed by atoms with van der Waals surface area (Å²) in [5.41, 5.74) is 2.46. The number of amidine groups is 1.